The summed E-state index contributed by atoms with van der Waals surface area (Å²) in [6, 6.07) is 6.08. The molecule has 0 aliphatic carbocycles. The molecule has 0 fully saturated rings. The molecular weight excluding hydrogens is 378 g/mol. The molecule has 0 bridgehead atoms. The molecule has 0 spiro atoms. The first-order chi connectivity index (χ1) is 12.2. The quantitative estimate of drug-likeness (QED) is 0.626. The van der Waals surface area contributed by atoms with Gasteiger partial charge in [0.25, 0.3) is 5.91 Å². The van der Waals surface area contributed by atoms with E-state index in [2.05, 4.69) is 10.3 Å². The molecule has 140 valence electrons. The summed E-state index contributed by atoms with van der Waals surface area (Å²) in [6.07, 6.45) is 0.538. The van der Waals surface area contributed by atoms with Gasteiger partial charge in [0, 0.05) is 11.9 Å². The molecule has 0 saturated heterocycles. The van der Waals surface area contributed by atoms with Crippen molar-refractivity contribution in [2.75, 3.05) is 13.2 Å². The molecule has 0 saturated carbocycles. The Bertz CT molecular complexity index is 876. The van der Waals surface area contributed by atoms with E-state index in [0.717, 1.165) is 10.6 Å². The lowest BCUT2D eigenvalue weighted by atomic mass is 10.1. The van der Waals surface area contributed by atoms with Crippen LogP contribution in [0.1, 0.15) is 16.3 Å². The number of aryl methyl sites for hydroxylation is 1. The van der Waals surface area contributed by atoms with Crippen molar-refractivity contribution in [2.24, 2.45) is 5.14 Å². The second-order valence-electron chi connectivity index (χ2n) is 5.48. The molecule has 1 heterocycles. The maximum Gasteiger partial charge on any atom is 0.312 e. The van der Waals surface area contributed by atoms with Gasteiger partial charge in [-0.25, -0.2) is 18.5 Å². The summed E-state index contributed by atoms with van der Waals surface area (Å²) in [4.78, 5) is 27.5. The molecule has 2 aromatic rings. The van der Waals surface area contributed by atoms with Gasteiger partial charge in [0.2, 0.25) is 10.0 Å². The highest BCUT2D eigenvalue weighted by Gasteiger charge is 2.10. The number of amides is 1. The van der Waals surface area contributed by atoms with E-state index in [1.54, 1.807) is 17.5 Å². The zero-order valence-electron chi connectivity index (χ0n) is 14.1. The third-order valence-electron chi connectivity index (χ3n) is 3.34. The Hall–Kier alpha value is -2.30. The molecule has 3 N–H and O–H groups in total. The Morgan fingerprint density at radius 3 is 2.54 bits per heavy atom. The van der Waals surface area contributed by atoms with Crippen molar-refractivity contribution in [1.82, 2.24) is 10.3 Å². The lowest BCUT2D eigenvalue weighted by molar-refractivity contribution is -0.147. The number of hydrogen-bond acceptors (Lipinski definition) is 7. The van der Waals surface area contributed by atoms with Crippen LogP contribution < -0.4 is 10.5 Å². The van der Waals surface area contributed by atoms with E-state index in [1.807, 2.05) is 6.92 Å². The van der Waals surface area contributed by atoms with E-state index >= 15 is 0 Å². The van der Waals surface area contributed by atoms with Crippen LogP contribution in [0.3, 0.4) is 0 Å². The maximum absolute atomic E-state index is 11.7. The van der Waals surface area contributed by atoms with Gasteiger partial charge < -0.3 is 10.1 Å². The van der Waals surface area contributed by atoms with Gasteiger partial charge in [-0.2, -0.15) is 0 Å². The Morgan fingerprint density at radius 2 is 1.96 bits per heavy atom. The standard InChI is InChI=1S/C16H19N3O5S2/c1-11-19-13(10-25-11)8-16(21)24-9-15(20)18-7-6-12-2-4-14(5-3-12)26(17,22)23/h2-5,10H,6-9H2,1H3,(H,18,20)(H2,17,22,23). The molecule has 0 unspecified atom stereocenters. The van der Waals surface area contributed by atoms with Crippen molar-refractivity contribution in [3.8, 4) is 0 Å². The van der Waals surface area contributed by atoms with Crippen molar-refractivity contribution < 1.29 is 22.7 Å². The van der Waals surface area contributed by atoms with Crippen LogP contribution in [0.4, 0.5) is 0 Å². The zero-order valence-corrected chi connectivity index (χ0v) is 15.7. The summed E-state index contributed by atoms with van der Waals surface area (Å²) in [7, 11) is -3.71. The van der Waals surface area contributed by atoms with Gasteiger partial charge in [-0.05, 0) is 31.0 Å². The van der Waals surface area contributed by atoms with Gasteiger partial charge in [-0.3, -0.25) is 9.59 Å². The van der Waals surface area contributed by atoms with E-state index in [0.29, 0.717) is 18.7 Å². The van der Waals surface area contributed by atoms with Gasteiger partial charge >= 0.3 is 5.97 Å². The van der Waals surface area contributed by atoms with E-state index in [1.165, 1.54) is 23.5 Å². The third-order valence-corrected chi connectivity index (χ3v) is 5.10. The van der Waals surface area contributed by atoms with Crippen LogP contribution in [0, 0.1) is 6.92 Å². The largest absolute Gasteiger partial charge is 0.455 e. The van der Waals surface area contributed by atoms with Crippen molar-refractivity contribution in [2.45, 2.75) is 24.7 Å². The Balaban J connectivity index is 1.68. The van der Waals surface area contributed by atoms with Crippen LogP contribution >= 0.6 is 11.3 Å². The fourth-order valence-electron chi connectivity index (χ4n) is 2.08. The number of thiazole rings is 1. The fraction of sp³-hybridized carbons (Fsp3) is 0.312. The van der Waals surface area contributed by atoms with E-state index in [4.69, 9.17) is 9.88 Å². The summed E-state index contributed by atoms with van der Waals surface area (Å²) in [5, 5.41) is 10.3. The van der Waals surface area contributed by atoms with Gasteiger partial charge in [-0.1, -0.05) is 12.1 Å². The molecule has 0 aliphatic rings. The number of carbonyl (C=O) groups excluding carboxylic acids is 2. The average molecular weight is 397 g/mol. The molecule has 1 aromatic heterocycles. The van der Waals surface area contributed by atoms with Crippen LogP contribution in [-0.2, 0) is 37.2 Å². The monoisotopic (exact) mass is 397 g/mol. The number of carbonyl (C=O) groups is 2. The molecule has 10 heteroatoms. The summed E-state index contributed by atoms with van der Waals surface area (Å²) in [5.41, 5.74) is 1.47. The van der Waals surface area contributed by atoms with Crippen LogP contribution in [0.5, 0.6) is 0 Å². The predicted molar refractivity (Wildman–Crippen MR) is 96.0 cm³/mol. The maximum atomic E-state index is 11.7. The predicted octanol–water partition coefficient (Wildman–Crippen LogP) is 0.544. The molecule has 2 rings (SSSR count). The van der Waals surface area contributed by atoms with Crippen LogP contribution in [0.25, 0.3) is 0 Å². The van der Waals surface area contributed by atoms with Gasteiger partial charge in [0.05, 0.1) is 22.0 Å². The first kappa shape index (κ1) is 20.0. The topological polar surface area (TPSA) is 128 Å². The van der Waals surface area contributed by atoms with Crippen LogP contribution in [-0.4, -0.2) is 38.4 Å². The number of nitrogens with zero attached hydrogens (tertiary/aromatic N) is 1. The van der Waals surface area contributed by atoms with E-state index < -0.39 is 21.9 Å². The highest BCUT2D eigenvalue weighted by Crippen LogP contribution is 2.09. The van der Waals surface area contributed by atoms with Crippen molar-refractivity contribution in [3.05, 3.63) is 45.9 Å². The summed E-state index contributed by atoms with van der Waals surface area (Å²) >= 11 is 1.44. The molecule has 0 atom stereocenters. The first-order valence-electron chi connectivity index (χ1n) is 7.69. The first-order valence-corrected chi connectivity index (χ1v) is 10.1. The van der Waals surface area contributed by atoms with E-state index in [9.17, 15) is 18.0 Å². The Labute approximate surface area is 155 Å². The minimum atomic E-state index is -3.71. The number of nitrogens with two attached hydrogens (primary N) is 1. The number of sulfonamides is 1. The number of ether oxygens (including phenoxy) is 1. The number of aromatic nitrogens is 1. The average Bonchev–Trinajstić information content (AvgIpc) is 2.97. The minimum Gasteiger partial charge on any atom is -0.455 e. The SMILES string of the molecule is Cc1nc(CC(=O)OCC(=O)NCCc2ccc(S(N)(=O)=O)cc2)cs1. The third kappa shape index (κ3) is 6.54. The zero-order chi connectivity index (χ0) is 19.2. The molecule has 8 nitrogen and oxygen atoms in total. The highest BCUT2D eigenvalue weighted by molar-refractivity contribution is 7.89. The molecule has 26 heavy (non-hydrogen) atoms. The second-order valence-corrected chi connectivity index (χ2v) is 8.11. The number of esters is 1. The number of benzene rings is 1. The Morgan fingerprint density at radius 1 is 1.27 bits per heavy atom. The highest BCUT2D eigenvalue weighted by atomic mass is 32.2. The summed E-state index contributed by atoms with van der Waals surface area (Å²) < 4.78 is 27.2. The van der Waals surface area contributed by atoms with Crippen molar-refractivity contribution in [1.29, 1.82) is 0 Å². The summed E-state index contributed by atoms with van der Waals surface area (Å²) in [5.74, 6) is -0.919. The number of nitrogens with one attached hydrogen (secondary N) is 1. The van der Waals surface area contributed by atoms with Gasteiger partial charge in [0.1, 0.15) is 0 Å². The lowest BCUT2D eigenvalue weighted by Gasteiger charge is -2.07. The lowest BCUT2D eigenvalue weighted by Crippen LogP contribution is -2.30. The number of primary sulfonamides is 1. The molecular formula is C16H19N3O5S2. The molecule has 1 amide bonds. The molecule has 0 aliphatic heterocycles. The minimum absolute atomic E-state index is 0.0347. The van der Waals surface area contributed by atoms with Crippen LogP contribution in [0.15, 0.2) is 34.5 Å². The van der Waals surface area contributed by atoms with Crippen LogP contribution in [0.2, 0.25) is 0 Å². The molecule has 1 aromatic carbocycles. The van der Waals surface area contributed by atoms with Crippen molar-refractivity contribution in [3.63, 3.8) is 0 Å². The second kappa shape index (κ2) is 8.88. The molecule has 0 radical (unpaired) electrons. The number of rotatable bonds is 8. The number of hydrogen-bond donors (Lipinski definition) is 2. The normalized spacial score (nSPS) is 11.2. The Kier molecular flexibility index (Phi) is 6.83. The van der Waals surface area contributed by atoms with Crippen molar-refractivity contribution >= 4 is 33.2 Å². The fourth-order valence-corrected chi connectivity index (χ4v) is 3.21. The summed E-state index contributed by atoms with van der Waals surface area (Å²) in [6.45, 7) is 1.82. The van der Waals surface area contributed by atoms with E-state index in [-0.39, 0.29) is 17.9 Å². The van der Waals surface area contributed by atoms with Gasteiger partial charge in [0.15, 0.2) is 6.61 Å². The van der Waals surface area contributed by atoms with Gasteiger partial charge in [-0.15, -0.1) is 11.3 Å². The smallest absolute Gasteiger partial charge is 0.312 e.